The highest BCUT2D eigenvalue weighted by Gasteiger charge is 2.30. The highest BCUT2D eigenvalue weighted by molar-refractivity contribution is 7.89. The largest absolute Gasteiger partial charge is 0.348 e. The molecule has 1 unspecified atom stereocenters. The molecule has 4 N–H and O–H groups in total. The summed E-state index contributed by atoms with van der Waals surface area (Å²) in [5, 5.41) is 3.69. The van der Waals surface area contributed by atoms with Crippen molar-refractivity contribution in [3.8, 4) is 0 Å². The predicted octanol–water partition coefficient (Wildman–Crippen LogP) is 1.21. The van der Waals surface area contributed by atoms with Crippen LogP contribution in [0.2, 0.25) is 0 Å². The van der Waals surface area contributed by atoms with Crippen molar-refractivity contribution in [2.75, 3.05) is 13.1 Å². The molecule has 3 aromatic rings. The number of carbonyl (C=O) groups is 1. The standard InChI is InChI=1S/C19H21N5O3S/c20-16-6-8-24(12-16)28(26,27)17-3-1-13(2-4-17)10-23-19(25)15-9-14-5-7-21-18(14)22-11-15/h1-5,7,9,11,16H,6,8,10,12,20H2,(H,21,22)(H,23,25). The van der Waals surface area contributed by atoms with Gasteiger partial charge >= 0.3 is 0 Å². The zero-order valence-electron chi connectivity index (χ0n) is 15.1. The molecule has 1 amide bonds. The molecule has 0 bridgehead atoms. The Labute approximate surface area is 162 Å². The van der Waals surface area contributed by atoms with E-state index in [-0.39, 0.29) is 16.8 Å². The van der Waals surface area contributed by atoms with Crippen LogP contribution in [0.3, 0.4) is 0 Å². The number of fused-ring (bicyclic) bond motifs is 1. The molecule has 9 heteroatoms. The average Bonchev–Trinajstić information content (AvgIpc) is 3.34. The Morgan fingerprint density at radius 2 is 2.07 bits per heavy atom. The van der Waals surface area contributed by atoms with Gasteiger partial charge in [0.1, 0.15) is 5.65 Å². The number of aromatic nitrogens is 2. The molecular formula is C19H21N5O3S. The Kier molecular flexibility index (Phi) is 4.88. The monoisotopic (exact) mass is 399 g/mol. The molecule has 0 saturated carbocycles. The van der Waals surface area contributed by atoms with Gasteiger partial charge in [0.15, 0.2) is 0 Å². The first-order valence-corrected chi connectivity index (χ1v) is 10.4. The second-order valence-corrected chi connectivity index (χ2v) is 8.82. The van der Waals surface area contributed by atoms with E-state index in [4.69, 9.17) is 5.73 Å². The van der Waals surface area contributed by atoms with Crippen LogP contribution in [-0.2, 0) is 16.6 Å². The van der Waals surface area contributed by atoms with E-state index in [2.05, 4.69) is 15.3 Å². The van der Waals surface area contributed by atoms with Crippen molar-refractivity contribution in [2.24, 2.45) is 5.73 Å². The molecule has 0 radical (unpaired) electrons. The van der Waals surface area contributed by atoms with Gasteiger partial charge in [-0.15, -0.1) is 0 Å². The Balaban J connectivity index is 1.41. The molecular weight excluding hydrogens is 378 g/mol. The highest BCUT2D eigenvalue weighted by Crippen LogP contribution is 2.21. The van der Waals surface area contributed by atoms with Crippen LogP contribution in [0.1, 0.15) is 22.3 Å². The van der Waals surface area contributed by atoms with Gasteiger partial charge in [-0.2, -0.15) is 4.31 Å². The van der Waals surface area contributed by atoms with Gasteiger partial charge in [0.25, 0.3) is 5.91 Å². The van der Waals surface area contributed by atoms with Crippen molar-refractivity contribution >= 4 is 27.0 Å². The quantitative estimate of drug-likeness (QED) is 0.595. The minimum atomic E-state index is -3.52. The van der Waals surface area contributed by atoms with Crippen LogP contribution >= 0.6 is 0 Å². The average molecular weight is 399 g/mol. The van der Waals surface area contributed by atoms with Crippen molar-refractivity contribution < 1.29 is 13.2 Å². The fraction of sp³-hybridized carbons (Fsp3) is 0.263. The molecule has 1 aliphatic rings. The molecule has 4 rings (SSSR count). The number of nitrogens with one attached hydrogen (secondary N) is 2. The number of rotatable bonds is 5. The smallest absolute Gasteiger partial charge is 0.253 e. The lowest BCUT2D eigenvalue weighted by molar-refractivity contribution is 0.0950. The van der Waals surface area contributed by atoms with E-state index in [0.29, 0.717) is 31.6 Å². The van der Waals surface area contributed by atoms with Crippen LogP contribution in [0.25, 0.3) is 11.0 Å². The first-order valence-electron chi connectivity index (χ1n) is 8.99. The van der Waals surface area contributed by atoms with Crippen LogP contribution in [0.4, 0.5) is 0 Å². The van der Waals surface area contributed by atoms with Crippen LogP contribution in [-0.4, -0.2) is 47.7 Å². The summed E-state index contributed by atoms with van der Waals surface area (Å²) in [7, 11) is -3.52. The van der Waals surface area contributed by atoms with Crippen molar-refractivity contribution in [2.45, 2.75) is 23.9 Å². The van der Waals surface area contributed by atoms with E-state index >= 15 is 0 Å². The maximum absolute atomic E-state index is 12.6. The maximum atomic E-state index is 12.6. The summed E-state index contributed by atoms with van der Waals surface area (Å²) >= 11 is 0. The van der Waals surface area contributed by atoms with Gasteiger partial charge in [-0.3, -0.25) is 4.79 Å². The molecule has 8 nitrogen and oxygen atoms in total. The summed E-state index contributed by atoms with van der Waals surface area (Å²) in [6.45, 7) is 1.08. The summed E-state index contributed by atoms with van der Waals surface area (Å²) in [5.41, 5.74) is 7.82. The van der Waals surface area contributed by atoms with E-state index in [9.17, 15) is 13.2 Å². The lowest BCUT2D eigenvalue weighted by atomic mass is 10.2. The number of carbonyl (C=O) groups excluding carboxylic acids is 1. The number of sulfonamides is 1. The van der Waals surface area contributed by atoms with Crippen LogP contribution in [0, 0.1) is 0 Å². The zero-order valence-corrected chi connectivity index (χ0v) is 15.9. The number of H-pyrrole nitrogens is 1. The molecule has 3 heterocycles. The number of nitrogens with two attached hydrogens (primary N) is 1. The zero-order chi connectivity index (χ0) is 19.7. The van der Waals surface area contributed by atoms with Crippen molar-refractivity contribution in [3.05, 3.63) is 59.9 Å². The second-order valence-electron chi connectivity index (χ2n) is 6.88. The molecule has 146 valence electrons. The third-order valence-electron chi connectivity index (χ3n) is 4.86. The Hall–Kier alpha value is -2.75. The van der Waals surface area contributed by atoms with Crippen molar-refractivity contribution in [1.29, 1.82) is 0 Å². The van der Waals surface area contributed by atoms with E-state index in [0.717, 1.165) is 16.6 Å². The number of amides is 1. The Bertz CT molecular complexity index is 1110. The normalized spacial score (nSPS) is 17.8. The topological polar surface area (TPSA) is 121 Å². The summed E-state index contributed by atoms with van der Waals surface area (Å²) < 4.78 is 26.7. The number of hydrogen-bond acceptors (Lipinski definition) is 5. The van der Waals surface area contributed by atoms with E-state index in [1.807, 2.05) is 6.07 Å². The number of nitrogens with zero attached hydrogens (tertiary/aromatic N) is 2. The van der Waals surface area contributed by atoms with Gasteiger partial charge in [0.2, 0.25) is 10.0 Å². The lowest BCUT2D eigenvalue weighted by Gasteiger charge is -2.16. The summed E-state index contributed by atoms with van der Waals surface area (Å²) in [5.74, 6) is -0.238. The van der Waals surface area contributed by atoms with Crippen LogP contribution in [0.15, 0.2) is 53.7 Å². The molecule has 1 atom stereocenters. The third-order valence-corrected chi connectivity index (χ3v) is 6.74. The van der Waals surface area contributed by atoms with Gasteiger partial charge in [0.05, 0.1) is 10.5 Å². The van der Waals surface area contributed by atoms with E-state index < -0.39 is 10.0 Å². The first-order chi connectivity index (χ1) is 13.4. The highest BCUT2D eigenvalue weighted by atomic mass is 32.2. The molecule has 0 aliphatic carbocycles. The summed E-state index contributed by atoms with van der Waals surface area (Å²) in [6.07, 6.45) is 3.96. The maximum Gasteiger partial charge on any atom is 0.253 e. The van der Waals surface area contributed by atoms with Gasteiger partial charge in [-0.25, -0.2) is 13.4 Å². The second kappa shape index (κ2) is 7.34. The van der Waals surface area contributed by atoms with Gasteiger partial charge in [-0.1, -0.05) is 12.1 Å². The van der Waals surface area contributed by atoms with Gasteiger partial charge < -0.3 is 16.0 Å². The molecule has 1 fully saturated rings. The first kappa shape index (κ1) is 18.6. The summed E-state index contributed by atoms with van der Waals surface area (Å²) in [4.78, 5) is 19.8. The van der Waals surface area contributed by atoms with Gasteiger partial charge in [-0.05, 0) is 36.2 Å². The molecule has 1 aliphatic heterocycles. The number of aromatic amines is 1. The molecule has 2 aromatic heterocycles. The van der Waals surface area contributed by atoms with Crippen LogP contribution in [0.5, 0.6) is 0 Å². The SMILES string of the molecule is NC1CCN(S(=O)(=O)c2ccc(CNC(=O)c3cnc4[nH]ccc4c3)cc2)C1. The van der Waals surface area contributed by atoms with Crippen LogP contribution < -0.4 is 11.1 Å². The van der Waals surface area contributed by atoms with Gasteiger partial charge in [0, 0.05) is 43.5 Å². The fourth-order valence-electron chi connectivity index (χ4n) is 3.25. The van der Waals surface area contributed by atoms with E-state index in [1.54, 1.807) is 36.5 Å². The Morgan fingerprint density at radius 1 is 1.29 bits per heavy atom. The fourth-order valence-corrected chi connectivity index (χ4v) is 4.76. The minimum Gasteiger partial charge on any atom is -0.348 e. The Morgan fingerprint density at radius 3 is 2.79 bits per heavy atom. The van der Waals surface area contributed by atoms with Crippen molar-refractivity contribution in [3.63, 3.8) is 0 Å². The lowest BCUT2D eigenvalue weighted by Crippen LogP contribution is -2.32. The molecule has 1 saturated heterocycles. The number of pyridine rings is 1. The molecule has 28 heavy (non-hydrogen) atoms. The minimum absolute atomic E-state index is 0.107. The number of benzene rings is 1. The third kappa shape index (κ3) is 3.64. The molecule has 0 spiro atoms. The van der Waals surface area contributed by atoms with Crippen molar-refractivity contribution in [1.82, 2.24) is 19.6 Å². The molecule has 1 aromatic carbocycles. The summed E-state index contributed by atoms with van der Waals surface area (Å²) in [6, 6.07) is 10.1. The predicted molar refractivity (Wildman–Crippen MR) is 105 cm³/mol. The number of hydrogen-bond donors (Lipinski definition) is 3. The van der Waals surface area contributed by atoms with E-state index in [1.165, 1.54) is 10.5 Å².